The molecular weight excluding hydrogens is 322 g/mol. The lowest BCUT2D eigenvalue weighted by molar-refractivity contribution is -0.135. The van der Waals surface area contributed by atoms with E-state index in [9.17, 15) is 4.79 Å². The number of rotatable bonds is 8. The summed E-state index contributed by atoms with van der Waals surface area (Å²) >= 11 is 0. The van der Waals surface area contributed by atoms with Gasteiger partial charge in [0, 0.05) is 25.2 Å². The Morgan fingerprint density at radius 3 is 1.88 bits per heavy atom. The summed E-state index contributed by atoms with van der Waals surface area (Å²) in [7, 11) is 0. The molecule has 3 rings (SSSR count). The minimum Gasteiger partial charge on any atom is -0.458 e. The summed E-state index contributed by atoms with van der Waals surface area (Å²) in [6.45, 7) is 6.57. The van der Waals surface area contributed by atoms with E-state index in [0.29, 0.717) is 12.5 Å². The van der Waals surface area contributed by atoms with Crippen LogP contribution in [0, 0.1) is 5.92 Å². The molecule has 0 aromatic heterocycles. The van der Waals surface area contributed by atoms with Crippen molar-refractivity contribution in [1.82, 2.24) is 4.90 Å². The van der Waals surface area contributed by atoms with Crippen molar-refractivity contribution >= 4 is 5.97 Å². The number of ether oxygens (including phenoxy) is 1. The summed E-state index contributed by atoms with van der Waals surface area (Å²) in [5.41, 5.74) is 3.65. The lowest BCUT2D eigenvalue weighted by Crippen LogP contribution is -2.37. The van der Waals surface area contributed by atoms with Crippen molar-refractivity contribution in [2.75, 3.05) is 6.61 Å². The van der Waals surface area contributed by atoms with Gasteiger partial charge in [-0.3, -0.25) is 4.90 Å². The summed E-state index contributed by atoms with van der Waals surface area (Å²) in [5.74, 6) is 0.318. The average molecular weight is 349 g/mol. The van der Waals surface area contributed by atoms with E-state index in [4.69, 9.17) is 4.74 Å². The number of benzene rings is 2. The largest absolute Gasteiger partial charge is 0.458 e. The molecule has 1 aliphatic rings. The standard InChI is InChI=1S/C23H27NO2/c1-18(2)13-22(21-14-23(25)26-17-21)24(15-19-9-5-3-6-10-19)16-20-11-7-4-8-12-20/h3-12,14,18,22H,13,15-17H2,1-2H3/t22-/m0/s1. The van der Waals surface area contributed by atoms with Crippen molar-refractivity contribution in [2.45, 2.75) is 39.4 Å². The monoisotopic (exact) mass is 349 g/mol. The van der Waals surface area contributed by atoms with Gasteiger partial charge < -0.3 is 4.74 Å². The highest BCUT2D eigenvalue weighted by Gasteiger charge is 2.28. The molecule has 3 heteroatoms. The molecule has 0 bridgehead atoms. The fourth-order valence-electron chi connectivity index (χ4n) is 3.48. The molecule has 2 aromatic rings. The summed E-state index contributed by atoms with van der Waals surface area (Å²) in [6.07, 6.45) is 2.69. The van der Waals surface area contributed by atoms with E-state index in [1.165, 1.54) is 11.1 Å². The van der Waals surface area contributed by atoms with Crippen LogP contribution in [0.1, 0.15) is 31.4 Å². The lowest BCUT2D eigenvalue weighted by atomic mass is 9.94. The van der Waals surface area contributed by atoms with Gasteiger partial charge >= 0.3 is 5.97 Å². The SMILES string of the molecule is CC(C)C[C@@H](C1=CC(=O)OC1)N(Cc1ccccc1)Cc1ccccc1. The summed E-state index contributed by atoms with van der Waals surface area (Å²) < 4.78 is 5.22. The molecule has 1 aliphatic heterocycles. The fraction of sp³-hybridized carbons (Fsp3) is 0.348. The Morgan fingerprint density at radius 2 is 1.46 bits per heavy atom. The minimum atomic E-state index is -0.215. The molecule has 0 saturated carbocycles. The zero-order valence-electron chi connectivity index (χ0n) is 15.6. The Hall–Kier alpha value is -2.39. The Morgan fingerprint density at radius 1 is 0.923 bits per heavy atom. The van der Waals surface area contributed by atoms with Crippen LogP contribution in [0.4, 0.5) is 0 Å². The molecule has 2 aromatic carbocycles. The molecule has 136 valence electrons. The van der Waals surface area contributed by atoms with E-state index in [2.05, 4.69) is 67.3 Å². The number of nitrogens with zero attached hydrogens (tertiary/aromatic N) is 1. The van der Waals surface area contributed by atoms with Gasteiger partial charge in [-0.1, -0.05) is 74.5 Å². The molecule has 1 heterocycles. The first-order chi connectivity index (χ1) is 12.6. The second-order valence-electron chi connectivity index (χ2n) is 7.35. The van der Waals surface area contributed by atoms with E-state index >= 15 is 0 Å². The molecule has 0 unspecified atom stereocenters. The van der Waals surface area contributed by atoms with Crippen LogP contribution < -0.4 is 0 Å². The Labute approximate surface area is 156 Å². The smallest absolute Gasteiger partial charge is 0.331 e. The van der Waals surface area contributed by atoms with Crippen LogP contribution in [0.25, 0.3) is 0 Å². The highest BCUT2D eigenvalue weighted by atomic mass is 16.5. The zero-order chi connectivity index (χ0) is 18.4. The van der Waals surface area contributed by atoms with Gasteiger partial charge in [0.05, 0.1) is 0 Å². The van der Waals surface area contributed by atoms with E-state index in [1.54, 1.807) is 6.08 Å². The number of carbonyl (C=O) groups excluding carboxylic acids is 1. The fourth-order valence-corrected chi connectivity index (χ4v) is 3.48. The average Bonchev–Trinajstić information content (AvgIpc) is 3.07. The third-order valence-corrected chi connectivity index (χ3v) is 4.70. The zero-order valence-corrected chi connectivity index (χ0v) is 15.6. The van der Waals surface area contributed by atoms with Crippen molar-refractivity contribution in [3.8, 4) is 0 Å². The van der Waals surface area contributed by atoms with Gasteiger partial charge in [0.1, 0.15) is 6.61 Å². The lowest BCUT2D eigenvalue weighted by Gasteiger charge is -2.33. The Balaban J connectivity index is 1.89. The summed E-state index contributed by atoms with van der Waals surface area (Å²) in [5, 5.41) is 0. The number of cyclic esters (lactones) is 1. The molecule has 0 amide bonds. The van der Waals surface area contributed by atoms with Gasteiger partial charge in [-0.15, -0.1) is 0 Å². The topological polar surface area (TPSA) is 29.5 Å². The Bertz CT molecular complexity index is 696. The van der Waals surface area contributed by atoms with Crippen LogP contribution in [-0.2, 0) is 22.6 Å². The minimum absolute atomic E-state index is 0.196. The third kappa shape index (κ3) is 5.06. The Kier molecular flexibility index (Phi) is 6.24. The molecule has 0 spiro atoms. The number of esters is 1. The van der Waals surface area contributed by atoms with Gasteiger partial charge in [-0.2, -0.15) is 0 Å². The van der Waals surface area contributed by atoms with E-state index in [0.717, 1.165) is 25.1 Å². The second kappa shape index (κ2) is 8.81. The van der Waals surface area contributed by atoms with Gasteiger partial charge in [0.2, 0.25) is 0 Å². The van der Waals surface area contributed by atoms with E-state index < -0.39 is 0 Å². The van der Waals surface area contributed by atoms with Crippen LogP contribution in [0.3, 0.4) is 0 Å². The van der Waals surface area contributed by atoms with E-state index in [-0.39, 0.29) is 12.0 Å². The van der Waals surface area contributed by atoms with Crippen molar-refractivity contribution in [2.24, 2.45) is 5.92 Å². The molecule has 0 fully saturated rings. The first kappa shape index (κ1) is 18.4. The highest BCUT2D eigenvalue weighted by Crippen LogP contribution is 2.26. The number of hydrogen-bond donors (Lipinski definition) is 0. The van der Waals surface area contributed by atoms with Crippen molar-refractivity contribution < 1.29 is 9.53 Å². The number of carbonyl (C=O) groups is 1. The van der Waals surface area contributed by atoms with Crippen LogP contribution in [0.15, 0.2) is 72.3 Å². The van der Waals surface area contributed by atoms with Crippen molar-refractivity contribution in [3.63, 3.8) is 0 Å². The van der Waals surface area contributed by atoms with Crippen LogP contribution in [0.5, 0.6) is 0 Å². The molecule has 1 atom stereocenters. The maximum absolute atomic E-state index is 11.7. The summed E-state index contributed by atoms with van der Waals surface area (Å²) in [4.78, 5) is 14.1. The molecule has 0 N–H and O–H groups in total. The highest BCUT2D eigenvalue weighted by molar-refractivity contribution is 5.85. The first-order valence-corrected chi connectivity index (χ1v) is 9.31. The molecule has 0 radical (unpaired) electrons. The van der Waals surface area contributed by atoms with Crippen molar-refractivity contribution in [3.05, 3.63) is 83.4 Å². The quantitative estimate of drug-likeness (QED) is 0.653. The normalized spacial score (nSPS) is 15.2. The van der Waals surface area contributed by atoms with Crippen LogP contribution in [0.2, 0.25) is 0 Å². The van der Waals surface area contributed by atoms with Gasteiger partial charge in [-0.25, -0.2) is 4.79 Å². The maximum Gasteiger partial charge on any atom is 0.331 e. The van der Waals surface area contributed by atoms with Gasteiger partial charge in [0.25, 0.3) is 0 Å². The number of hydrogen-bond acceptors (Lipinski definition) is 3. The van der Waals surface area contributed by atoms with Gasteiger partial charge in [-0.05, 0) is 29.0 Å². The predicted molar refractivity (Wildman–Crippen MR) is 104 cm³/mol. The predicted octanol–water partition coefficient (Wildman–Crippen LogP) is 4.59. The van der Waals surface area contributed by atoms with Gasteiger partial charge in [0.15, 0.2) is 0 Å². The molecule has 0 saturated heterocycles. The second-order valence-corrected chi connectivity index (χ2v) is 7.35. The van der Waals surface area contributed by atoms with Crippen LogP contribution >= 0.6 is 0 Å². The van der Waals surface area contributed by atoms with E-state index in [1.807, 2.05) is 12.1 Å². The maximum atomic E-state index is 11.7. The molecule has 0 aliphatic carbocycles. The molecular formula is C23H27NO2. The first-order valence-electron chi connectivity index (χ1n) is 9.31. The molecule has 26 heavy (non-hydrogen) atoms. The summed E-state index contributed by atoms with van der Waals surface area (Å²) in [6, 6.07) is 21.2. The van der Waals surface area contributed by atoms with Crippen molar-refractivity contribution in [1.29, 1.82) is 0 Å². The molecule has 3 nitrogen and oxygen atoms in total. The third-order valence-electron chi connectivity index (χ3n) is 4.70. The van der Waals surface area contributed by atoms with Crippen LogP contribution in [-0.4, -0.2) is 23.5 Å².